The van der Waals surface area contributed by atoms with Crippen molar-refractivity contribution in [2.45, 2.75) is 11.4 Å². The van der Waals surface area contributed by atoms with Gasteiger partial charge in [0.05, 0.1) is 15.9 Å². The average Bonchev–Trinajstić information content (AvgIpc) is 3.12. The molecule has 1 aromatic heterocycles. The van der Waals surface area contributed by atoms with E-state index in [9.17, 15) is 13.2 Å². The molecule has 1 heterocycles. The lowest BCUT2D eigenvalue weighted by Gasteiger charge is -2.10. The van der Waals surface area contributed by atoms with Crippen LogP contribution in [0.2, 0.25) is 5.02 Å². The van der Waals surface area contributed by atoms with Crippen molar-refractivity contribution in [3.8, 4) is 11.1 Å². The zero-order valence-electron chi connectivity index (χ0n) is 18.3. The van der Waals surface area contributed by atoms with Crippen molar-refractivity contribution in [2.75, 3.05) is 6.26 Å². The van der Waals surface area contributed by atoms with Gasteiger partial charge in [-0.1, -0.05) is 54.1 Å². The molecule has 5 rings (SSSR count). The maximum Gasteiger partial charge on any atom is 0.249 e. The maximum atomic E-state index is 12.2. The summed E-state index contributed by atoms with van der Waals surface area (Å²) in [7, 11) is -3.33. The van der Waals surface area contributed by atoms with Gasteiger partial charge in [0, 0.05) is 34.2 Å². The Labute approximate surface area is 202 Å². The molecule has 0 aliphatic rings. The minimum Gasteiger partial charge on any atom is -0.366 e. The van der Waals surface area contributed by atoms with Gasteiger partial charge in [-0.25, -0.2) is 8.42 Å². The summed E-state index contributed by atoms with van der Waals surface area (Å²) >= 11 is 6.06. The van der Waals surface area contributed by atoms with E-state index >= 15 is 0 Å². The Hall–Kier alpha value is -3.61. The predicted octanol–water partition coefficient (Wildman–Crippen LogP) is 5.67. The molecule has 5 aromatic rings. The van der Waals surface area contributed by atoms with Gasteiger partial charge in [-0.2, -0.15) is 0 Å². The number of halogens is 1. The van der Waals surface area contributed by atoms with Crippen molar-refractivity contribution in [1.29, 1.82) is 0 Å². The van der Waals surface area contributed by atoms with Gasteiger partial charge in [-0.15, -0.1) is 0 Å². The van der Waals surface area contributed by atoms with Crippen LogP contribution in [0.5, 0.6) is 0 Å². The summed E-state index contributed by atoms with van der Waals surface area (Å²) in [5.41, 5.74) is 10.8. The Kier molecular flexibility index (Phi) is 5.42. The lowest BCUT2D eigenvalue weighted by molar-refractivity contribution is 0.100. The molecule has 2 N–H and O–H groups in total. The van der Waals surface area contributed by atoms with Crippen molar-refractivity contribution >= 4 is 49.2 Å². The Balaban J connectivity index is 1.77. The fraction of sp³-hybridized carbons (Fsp3) is 0.0741. The lowest BCUT2D eigenvalue weighted by atomic mass is 10.0. The summed E-state index contributed by atoms with van der Waals surface area (Å²) in [5, 5.41) is 2.35. The fourth-order valence-electron chi connectivity index (χ4n) is 4.40. The first-order chi connectivity index (χ1) is 16.2. The number of benzene rings is 4. The van der Waals surface area contributed by atoms with E-state index in [-0.39, 0.29) is 4.90 Å². The second-order valence-corrected chi connectivity index (χ2v) is 10.8. The number of hydrogen-bond acceptors (Lipinski definition) is 3. The highest BCUT2D eigenvalue weighted by molar-refractivity contribution is 7.90. The van der Waals surface area contributed by atoms with Gasteiger partial charge >= 0.3 is 0 Å². The zero-order chi connectivity index (χ0) is 24.0. The first-order valence-corrected chi connectivity index (χ1v) is 12.9. The number of primary amides is 1. The van der Waals surface area contributed by atoms with Crippen molar-refractivity contribution in [3.63, 3.8) is 0 Å². The molecule has 0 saturated carbocycles. The molecule has 0 radical (unpaired) electrons. The maximum absolute atomic E-state index is 12.2. The Morgan fingerprint density at radius 3 is 2.29 bits per heavy atom. The van der Waals surface area contributed by atoms with Gasteiger partial charge < -0.3 is 10.3 Å². The number of nitrogens with zero attached hydrogens (tertiary/aromatic N) is 1. The molecule has 0 fully saturated rings. The second kappa shape index (κ2) is 8.31. The molecule has 5 nitrogen and oxygen atoms in total. The van der Waals surface area contributed by atoms with Crippen LogP contribution in [0.25, 0.3) is 32.9 Å². The van der Waals surface area contributed by atoms with Gasteiger partial charge in [0.2, 0.25) is 5.91 Å². The van der Waals surface area contributed by atoms with Gasteiger partial charge in [-0.3, -0.25) is 4.79 Å². The average molecular weight is 489 g/mol. The van der Waals surface area contributed by atoms with Gasteiger partial charge in [0.25, 0.3) is 0 Å². The number of carbonyl (C=O) groups excluding carboxylic acids is 1. The topological polar surface area (TPSA) is 82.2 Å². The summed E-state index contributed by atoms with van der Waals surface area (Å²) in [6, 6.07) is 26.1. The summed E-state index contributed by atoms with van der Waals surface area (Å²) in [6.45, 7) is 0.426. The van der Waals surface area contributed by atoms with Gasteiger partial charge in [-0.05, 0) is 59.2 Å². The van der Waals surface area contributed by atoms with Crippen LogP contribution in [-0.2, 0) is 16.4 Å². The number of aromatic nitrogens is 1. The highest BCUT2D eigenvalue weighted by atomic mass is 35.5. The molecule has 0 unspecified atom stereocenters. The normalized spacial score (nSPS) is 11.8. The van der Waals surface area contributed by atoms with E-state index in [2.05, 4.69) is 10.6 Å². The molecule has 0 aliphatic heterocycles. The van der Waals surface area contributed by atoms with E-state index in [4.69, 9.17) is 17.3 Å². The molecule has 0 saturated heterocycles. The molecule has 0 spiro atoms. The summed E-state index contributed by atoms with van der Waals surface area (Å²) in [4.78, 5) is 12.5. The van der Waals surface area contributed by atoms with Crippen molar-refractivity contribution in [2.24, 2.45) is 5.73 Å². The van der Waals surface area contributed by atoms with Crippen LogP contribution >= 0.6 is 11.6 Å². The summed E-state index contributed by atoms with van der Waals surface area (Å²) in [6.07, 6.45) is 1.20. The second-order valence-electron chi connectivity index (χ2n) is 8.31. The Morgan fingerprint density at radius 2 is 1.59 bits per heavy atom. The van der Waals surface area contributed by atoms with Gasteiger partial charge in [0.1, 0.15) is 0 Å². The monoisotopic (exact) mass is 488 g/mol. The van der Waals surface area contributed by atoms with Crippen molar-refractivity contribution in [1.82, 2.24) is 4.57 Å². The molecular formula is C27H21ClN2O3S. The quantitative estimate of drug-likeness (QED) is 0.346. The molecule has 1 amide bonds. The number of hydrogen-bond donors (Lipinski definition) is 1. The highest BCUT2D eigenvalue weighted by Gasteiger charge is 2.18. The molecule has 0 bridgehead atoms. The lowest BCUT2D eigenvalue weighted by Crippen LogP contribution is -2.11. The van der Waals surface area contributed by atoms with E-state index in [0.717, 1.165) is 38.5 Å². The first-order valence-electron chi connectivity index (χ1n) is 10.6. The van der Waals surface area contributed by atoms with E-state index in [0.29, 0.717) is 17.1 Å². The van der Waals surface area contributed by atoms with E-state index in [1.807, 2.05) is 54.6 Å². The third-order valence-electron chi connectivity index (χ3n) is 6.00. The molecule has 0 atom stereocenters. The van der Waals surface area contributed by atoms with Crippen LogP contribution in [0, 0.1) is 0 Å². The molecule has 7 heteroatoms. The van der Waals surface area contributed by atoms with Crippen LogP contribution < -0.4 is 5.73 Å². The SMILES string of the molecule is CS(=O)(=O)c1cccc(Cn2c3cc(-c4ccc(Cl)cc4)ccc3c3c(C(N)=O)cccc32)c1. The standard InChI is InChI=1S/C27H21ClN2O3S/c1-34(32,33)21-5-2-4-17(14-21)16-30-24-7-3-6-23(27(29)31)26(24)22-13-10-19(15-25(22)30)18-8-11-20(28)12-9-18/h2-15H,16H2,1H3,(H2,29,31). The van der Waals surface area contributed by atoms with Gasteiger partial charge in [0.15, 0.2) is 9.84 Å². The van der Waals surface area contributed by atoms with Crippen LogP contribution in [0.1, 0.15) is 15.9 Å². The van der Waals surface area contributed by atoms with E-state index < -0.39 is 15.7 Å². The molecule has 4 aromatic carbocycles. The van der Waals surface area contributed by atoms with E-state index in [1.165, 1.54) is 6.26 Å². The zero-order valence-corrected chi connectivity index (χ0v) is 19.9. The van der Waals surface area contributed by atoms with Crippen molar-refractivity contribution in [3.05, 3.63) is 101 Å². The molecule has 0 aliphatic carbocycles. The number of fused-ring (bicyclic) bond motifs is 3. The number of nitrogens with two attached hydrogens (primary N) is 1. The predicted molar refractivity (Wildman–Crippen MR) is 137 cm³/mol. The minimum absolute atomic E-state index is 0.269. The number of rotatable bonds is 5. The summed E-state index contributed by atoms with van der Waals surface area (Å²) in [5.74, 6) is -0.495. The largest absolute Gasteiger partial charge is 0.366 e. The Morgan fingerprint density at radius 1 is 0.882 bits per heavy atom. The van der Waals surface area contributed by atoms with Crippen LogP contribution in [-0.4, -0.2) is 25.1 Å². The summed E-state index contributed by atoms with van der Waals surface area (Å²) < 4.78 is 26.3. The molecule has 170 valence electrons. The van der Waals surface area contributed by atoms with Crippen LogP contribution in [0.4, 0.5) is 0 Å². The minimum atomic E-state index is -3.33. The van der Waals surface area contributed by atoms with Crippen LogP contribution in [0.15, 0.2) is 89.8 Å². The van der Waals surface area contributed by atoms with Crippen LogP contribution in [0.3, 0.4) is 0 Å². The highest BCUT2D eigenvalue weighted by Crippen LogP contribution is 2.35. The fourth-order valence-corrected chi connectivity index (χ4v) is 5.22. The van der Waals surface area contributed by atoms with E-state index in [1.54, 1.807) is 24.3 Å². The molecule has 34 heavy (non-hydrogen) atoms. The molecular weight excluding hydrogens is 468 g/mol. The first kappa shape index (κ1) is 22.2. The van der Waals surface area contributed by atoms with Crippen molar-refractivity contribution < 1.29 is 13.2 Å². The third kappa shape index (κ3) is 3.95. The Bertz CT molecular complexity index is 1690. The third-order valence-corrected chi connectivity index (χ3v) is 7.36. The number of sulfone groups is 1. The number of carbonyl (C=O) groups is 1. The number of amides is 1. The smallest absolute Gasteiger partial charge is 0.249 e.